The van der Waals surface area contributed by atoms with Gasteiger partial charge >= 0.3 is 41.8 Å². The SMILES string of the molecule is CC(=O)OC[C@@H](OC(C)=O)[C@@H](OC(C)=O)[C@H](OC(C)=O)[C@H](C=O)O[C@@H]1O[C@@H](C)[C@H](OC(C)=O)[C@@H](OC(C)=O)[C@H]1OC(C)=O. The van der Waals surface area contributed by atoms with Crippen LogP contribution in [0.1, 0.15) is 55.4 Å². The van der Waals surface area contributed by atoms with Gasteiger partial charge in [0.15, 0.2) is 55.3 Å². The maximum atomic E-state index is 12.4. The third-order valence-electron chi connectivity index (χ3n) is 5.45. The molecule has 1 rings (SSSR count). The van der Waals surface area contributed by atoms with Gasteiger partial charge in [-0.1, -0.05) is 0 Å². The van der Waals surface area contributed by atoms with Gasteiger partial charge in [-0.25, -0.2) is 0 Å². The Morgan fingerprint density at radius 3 is 1.53 bits per heavy atom. The lowest BCUT2D eigenvalue weighted by Gasteiger charge is -2.44. The van der Waals surface area contributed by atoms with Crippen molar-refractivity contribution in [3.05, 3.63) is 0 Å². The zero-order valence-electron chi connectivity index (χ0n) is 24.9. The first-order chi connectivity index (χ1) is 20.0. The van der Waals surface area contributed by atoms with E-state index in [2.05, 4.69) is 0 Å². The third kappa shape index (κ3) is 12.3. The molecule has 0 aromatic heterocycles. The number of rotatable bonds is 14. The highest BCUT2D eigenvalue weighted by Crippen LogP contribution is 2.31. The summed E-state index contributed by atoms with van der Waals surface area (Å²) < 4.78 is 47.9. The van der Waals surface area contributed by atoms with E-state index in [9.17, 15) is 38.4 Å². The summed E-state index contributed by atoms with van der Waals surface area (Å²) in [5.74, 6) is -6.27. The molecule has 43 heavy (non-hydrogen) atoms. The Bertz CT molecular complexity index is 1050. The number of esters is 7. The fraction of sp³-hybridized carbons (Fsp3) is 0.692. The minimum Gasteiger partial charge on any atom is -0.462 e. The van der Waals surface area contributed by atoms with E-state index < -0.39 is 104 Å². The van der Waals surface area contributed by atoms with Crippen molar-refractivity contribution in [3.63, 3.8) is 0 Å². The monoisotopic (exact) mass is 620 g/mol. The van der Waals surface area contributed by atoms with Gasteiger partial charge in [-0.05, 0) is 6.92 Å². The van der Waals surface area contributed by atoms with Crippen LogP contribution in [0.4, 0.5) is 0 Å². The van der Waals surface area contributed by atoms with Crippen molar-refractivity contribution in [2.75, 3.05) is 6.61 Å². The van der Waals surface area contributed by atoms with Crippen molar-refractivity contribution >= 4 is 48.1 Å². The van der Waals surface area contributed by atoms with Gasteiger partial charge in [0.2, 0.25) is 0 Å². The van der Waals surface area contributed by atoms with Gasteiger partial charge in [0.25, 0.3) is 0 Å². The Morgan fingerprint density at radius 1 is 0.628 bits per heavy atom. The number of hydrogen-bond donors (Lipinski definition) is 0. The van der Waals surface area contributed by atoms with Gasteiger partial charge in [0.1, 0.15) is 6.61 Å². The van der Waals surface area contributed by atoms with Crippen LogP contribution >= 0.6 is 0 Å². The summed E-state index contributed by atoms with van der Waals surface area (Å²) in [6.07, 6.45) is -14.4. The molecule has 1 saturated heterocycles. The molecule has 0 saturated carbocycles. The minimum atomic E-state index is -1.91. The van der Waals surface area contributed by atoms with E-state index in [0.29, 0.717) is 0 Å². The molecule has 1 aliphatic rings. The molecule has 0 aliphatic carbocycles. The first-order valence-electron chi connectivity index (χ1n) is 12.9. The van der Waals surface area contributed by atoms with E-state index in [1.54, 1.807) is 0 Å². The molecule has 242 valence electrons. The van der Waals surface area contributed by atoms with E-state index in [-0.39, 0.29) is 6.29 Å². The van der Waals surface area contributed by atoms with Gasteiger partial charge in [0.05, 0.1) is 6.10 Å². The maximum absolute atomic E-state index is 12.4. The third-order valence-corrected chi connectivity index (χ3v) is 5.45. The molecular weight excluding hydrogens is 584 g/mol. The normalized spacial score (nSPS) is 24.0. The average molecular weight is 621 g/mol. The van der Waals surface area contributed by atoms with Crippen LogP contribution in [0.5, 0.6) is 0 Å². The average Bonchev–Trinajstić information content (AvgIpc) is 2.85. The molecule has 1 fully saturated rings. The topological polar surface area (TPSA) is 220 Å². The summed E-state index contributed by atoms with van der Waals surface area (Å²) in [6, 6.07) is 0. The van der Waals surface area contributed by atoms with Crippen LogP contribution in [0.3, 0.4) is 0 Å². The quantitative estimate of drug-likeness (QED) is 0.135. The van der Waals surface area contributed by atoms with Crippen molar-refractivity contribution in [1.82, 2.24) is 0 Å². The van der Waals surface area contributed by atoms with Crippen LogP contribution in [0.15, 0.2) is 0 Å². The van der Waals surface area contributed by atoms with E-state index in [0.717, 1.165) is 48.5 Å². The summed E-state index contributed by atoms with van der Waals surface area (Å²) >= 11 is 0. The molecule has 0 amide bonds. The van der Waals surface area contributed by atoms with Gasteiger partial charge in [-0.2, -0.15) is 0 Å². The highest BCUT2D eigenvalue weighted by Gasteiger charge is 2.53. The predicted octanol–water partition coefficient (Wildman–Crippen LogP) is -0.531. The van der Waals surface area contributed by atoms with E-state index in [1.807, 2.05) is 0 Å². The largest absolute Gasteiger partial charge is 0.462 e. The van der Waals surface area contributed by atoms with Crippen molar-refractivity contribution < 1.29 is 81.0 Å². The van der Waals surface area contributed by atoms with E-state index in [4.69, 9.17) is 42.6 Å². The summed E-state index contributed by atoms with van der Waals surface area (Å²) in [5.41, 5.74) is 0. The number of carbonyl (C=O) groups excluding carboxylic acids is 8. The second-order valence-electron chi connectivity index (χ2n) is 9.27. The van der Waals surface area contributed by atoms with Crippen molar-refractivity contribution in [3.8, 4) is 0 Å². The second-order valence-corrected chi connectivity index (χ2v) is 9.27. The van der Waals surface area contributed by atoms with Gasteiger partial charge in [0, 0.05) is 48.5 Å². The molecule has 0 radical (unpaired) electrons. The molecule has 17 heteroatoms. The summed E-state index contributed by atoms with van der Waals surface area (Å²) in [7, 11) is 0. The molecule has 0 bridgehead atoms. The van der Waals surface area contributed by atoms with Crippen LogP contribution in [0.25, 0.3) is 0 Å². The smallest absolute Gasteiger partial charge is 0.303 e. The zero-order chi connectivity index (χ0) is 33.0. The summed E-state index contributed by atoms with van der Waals surface area (Å²) in [5, 5.41) is 0. The molecule has 1 heterocycles. The fourth-order valence-electron chi connectivity index (χ4n) is 4.09. The Labute approximate surface area is 246 Å². The molecule has 17 nitrogen and oxygen atoms in total. The van der Waals surface area contributed by atoms with Crippen molar-refractivity contribution in [2.24, 2.45) is 0 Å². The predicted molar refractivity (Wildman–Crippen MR) is 135 cm³/mol. The Hall–Kier alpha value is -4.12. The lowest BCUT2D eigenvalue weighted by Crippen LogP contribution is -2.63. The van der Waals surface area contributed by atoms with Crippen LogP contribution < -0.4 is 0 Å². The van der Waals surface area contributed by atoms with Crippen LogP contribution in [-0.2, 0) is 81.0 Å². The molecule has 0 unspecified atom stereocenters. The standard InChI is InChI=1S/C26H36O17/c1-11-21(38-14(4)30)24(41-17(7)33)25(42-18(8)34)26(36-11)43-19(9-27)22(39-15(5)31)23(40-16(6)32)20(37-13(3)29)10-35-12(2)28/h9,11,19-26H,10H2,1-8H3/t11-,19-,20+,21-,22+,23+,24+,25+,26-/m0/s1. The number of carbonyl (C=O) groups is 8. The lowest BCUT2D eigenvalue weighted by molar-refractivity contribution is -0.314. The van der Waals surface area contributed by atoms with Crippen LogP contribution in [-0.4, -0.2) is 110 Å². The number of ether oxygens (including phenoxy) is 9. The maximum Gasteiger partial charge on any atom is 0.303 e. The Balaban J connectivity index is 3.65. The van der Waals surface area contributed by atoms with E-state index >= 15 is 0 Å². The molecular formula is C26H36O17. The molecule has 0 aromatic rings. The molecule has 0 aromatic carbocycles. The van der Waals surface area contributed by atoms with Crippen LogP contribution in [0, 0.1) is 0 Å². The first kappa shape index (κ1) is 36.9. The van der Waals surface area contributed by atoms with Crippen LogP contribution in [0.2, 0.25) is 0 Å². The Kier molecular flexibility index (Phi) is 14.7. The highest BCUT2D eigenvalue weighted by molar-refractivity contribution is 5.70. The second kappa shape index (κ2) is 17.1. The molecule has 0 N–H and O–H groups in total. The number of hydrogen-bond acceptors (Lipinski definition) is 17. The van der Waals surface area contributed by atoms with Crippen molar-refractivity contribution in [2.45, 2.75) is 111 Å². The zero-order valence-corrected chi connectivity index (χ0v) is 24.9. The fourth-order valence-corrected chi connectivity index (χ4v) is 4.09. The lowest BCUT2D eigenvalue weighted by atomic mass is 9.98. The van der Waals surface area contributed by atoms with Crippen molar-refractivity contribution in [1.29, 1.82) is 0 Å². The van der Waals surface area contributed by atoms with Gasteiger partial charge in [-0.3, -0.25) is 33.6 Å². The van der Waals surface area contributed by atoms with Gasteiger partial charge in [-0.15, -0.1) is 0 Å². The molecule has 0 spiro atoms. The highest BCUT2D eigenvalue weighted by atomic mass is 16.7. The summed E-state index contributed by atoms with van der Waals surface area (Å²) in [4.78, 5) is 95.6. The van der Waals surface area contributed by atoms with Gasteiger partial charge < -0.3 is 47.4 Å². The first-order valence-corrected chi connectivity index (χ1v) is 12.9. The molecule has 9 atom stereocenters. The Morgan fingerprint density at radius 2 is 1.09 bits per heavy atom. The summed E-state index contributed by atoms with van der Waals surface area (Å²) in [6.45, 7) is 7.80. The number of aldehydes is 1. The molecule has 1 aliphatic heterocycles. The minimum absolute atomic E-state index is 0.124. The van der Waals surface area contributed by atoms with E-state index in [1.165, 1.54) is 6.92 Å².